The van der Waals surface area contributed by atoms with Crippen molar-refractivity contribution in [3.63, 3.8) is 0 Å². The predicted octanol–water partition coefficient (Wildman–Crippen LogP) is 1.82. The van der Waals surface area contributed by atoms with Crippen LogP contribution in [0.1, 0.15) is 15.9 Å². The number of nitrogens with zero attached hydrogens (tertiary/aromatic N) is 4. The summed E-state index contributed by atoms with van der Waals surface area (Å²) in [5, 5.41) is 9.41. The first kappa shape index (κ1) is 17.2. The van der Waals surface area contributed by atoms with E-state index in [-0.39, 0.29) is 5.56 Å². The zero-order valence-electron chi connectivity index (χ0n) is 14.2. The third kappa shape index (κ3) is 3.51. The smallest absolute Gasteiger partial charge is 0.277 e. The van der Waals surface area contributed by atoms with Crippen molar-refractivity contribution in [1.82, 2.24) is 20.3 Å². The number of carbonyl (C=O) groups excluding carboxylic acids is 1. The van der Waals surface area contributed by atoms with Crippen molar-refractivity contribution in [3.8, 4) is 0 Å². The van der Waals surface area contributed by atoms with Gasteiger partial charge in [-0.1, -0.05) is 23.7 Å². The first-order valence-corrected chi connectivity index (χ1v) is 8.98. The van der Waals surface area contributed by atoms with E-state index in [0.29, 0.717) is 17.8 Å². The molecule has 2 unspecified atom stereocenters. The molecule has 4 rings (SSSR count). The van der Waals surface area contributed by atoms with Crippen molar-refractivity contribution in [2.45, 2.75) is 6.54 Å². The Morgan fingerprint density at radius 2 is 1.73 bits per heavy atom. The maximum atomic E-state index is 11.3. The molecule has 8 heteroatoms. The summed E-state index contributed by atoms with van der Waals surface area (Å²) in [5.41, 5.74) is 3.11. The van der Waals surface area contributed by atoms with Crippen LogP contribution in [0, 0.1) is 11.8 Å². The largest absolute Gasteiger partial charge is 0.340 e. The summed E-state index contributed by atoms with van der Waals surface area (Å²) in [7, 11) is 0. The predicted molar refractivity (Wildman–Crippen MR) is 97.2 cm³/mol. The van der Waals surface area contributed by atoms with Crippen LogP contribution in [-0.4, -0.2) is 52.2 Å². The van der Waals surface area contributed by atoms with E-state index in [9.17, 15) is 4.79 Å². The minimum atomic E-state index is -0.604. The van der Waals surface area contributed by atoms with Crippen LogP contribution in [0.5, 0.6) is 0 Å². The van der Waals surface area contributed by atoms with Gasteiger partial charge in [-0.25, -0.2) is 15.4 Å². The summed E-state index contributed by atoms with van der Waals surface area (Å²) in [5.74, 6) is 1.24. The summed E-state index contributed by atoms with van der Waals surface area (Å²) in [6.45, 7) is 4.93. The molecular formula is C18H20ClN5O2. The van der Waals surface area contributed by atoms with Gasteiger partial charge in [-0.2, -0.15) is 0 Å². The van der Waals surface area contributed by atoms with Gasteiger partial charge in [-0.15, -0.1) is 0 Å². The number of rotatable bonds is 4. The van der Waals surface area contributed by atoms with Crippen molar-refractivity contribution < 1.29 is 10.0 Å². The molecule has 26 heavy (non-hydrogen) atoms. The normalized spacial score (nSPS) is 22.5. The molecular weight excluding hydrogens is 354 g/mol. The van der Waals surface area contributed by atoms with Crippen LogP contribution < -0.4 is 10.4 Å². The Bertz CT molecular complexity index is 769. The van der Waals surface area contributed by atoms with E-state index >= 15 is 0 Å². The topological polar surface area (TPSA) is 81.6 Å². The molecule has 0 spiro atoms. The van der Waals surface area contributed by atoms with Gasteiger partial charge < -0.3 is 4.90 Å². The van der Waals surface area contributed by atoms with Crippen molar-refractivity contribution in [1.29, 1.82) is 0 Å². The maximum Gasteiger partial charge on any atom is 0.277 e. The Labute approximate surface area is 156 Å². The lowest BCUT2D eigenvalue weighted by molar-refractivity contribution is 0.0705. The lowest BCUT2D eigenvalue weighted by Crippen LogP contribution is -2.29. The van der Waals surface area contributed by atoms with Crippen LogP contribution in [0.15, 0.2) is 36.7 Å². The molecule has 1 aromatic heterocycles. The molecule has 2 fully saturated rings. The van der Waals surface area contributed by atoms with E-state index < -0.39 is 5.91 Å². The van der Waals surface area contributed by atoms with Gasteiger partial charge in [0.05, 0.1) is 5.56 Å². The molecule has 2 aromatic rings. The summed E-state index contributed by atoms with van der Waals surface area (Å²) in [6.07, 6.45) is 2.88. The Kier molecular flexibility index (Phi) is 4.76. The molecule has 2 aliphatic rings. The van der Waals surface area contributed by atoms with Crippen molar-refractivity contribution in [2.24, 2.45) is 11.8 Å². The average Bonchev–Trinajstić information content (AvgIpc) is 3.21. The number of aromatic nitrogens is 2. The fraction of sp³-hybridized carbons (Fsp3) is 0.389. The minimum Gasteiger partial charge on any atom is -0.340 e. The Morgan fingerprint density at radius 1 is 1.12 bits per heavy atom. The van der Waals surface area contributed by atoms with E-state index in [1.54, 1.807) is 5.48 Å². The number of likely N-dealkylation sites (tertiary alicyclic amines) is 1. The zero-order valence-corrected chi connectivity index (χ0v) is 14.9. The number of amides is 1. The standard InChI is InChI=1S/C18H20ClN5O2/c19-16-3-1-12(2-4-16)7-23-8-14-10-24(11-15(14)9-23)18-20-5-13(6-21-18)17(25)22-26/h1-6,14-15,26H,7-11H2,(H,22,25). The van der Waals surface area contributed by atoms with Crippen molar-refractivity contribution in [2.75, 3.05) is 31.1 Å². The molecule has 2 aliphatic heterocycles. The number of anilines is 1. The lowest BCUT2D eigenvalue weighted by Gasteiger charge is -2.21. The molecule has 2 atom stereocenters. The van der Waals surface area contributed by atoms with Crippen LogP contribution >= 0.6 is 11.6 Å². The highest BCUT2D eigenvalue weighted by Crippen LogP contribution is 2.33. The highest BCUT2D eigenvalue weighted by atomic mass is 35.5. The fourth-order valence-electron chi connectivity index (χ4n) is 3.90. The number of nitrogens with one attached hydrogen (secondary N) is 1. The Hall–Kier alpha value is -2.22. The van der Waals surface area contributed by atoms with Crippen LogP contribution in [0.25, 0.3) is 0 Å². The first-order chi connectivity index (χ1) is 12.6. The van der Waals surface area contributed by atoms with Gasteiger partial charge in [-0.3, -0.25) is 14.9 Å². The molecule has 1 amide bonds. The van der Waals surface area contributed by atoms with Gasteiger partial charge in [0.25, 0.3) is 5.91 Å². The van der Waals surface area contributed by atoms with Crippen LogP contribution in [0.4, 0.5) is 5.95 Å². The number of carbonyl (C=O) groups is 1. The van der Waals surface area contributed by atoms with Crippen LogP contribution in [0.2, 0.25) is 5.02 Å². The zero-order chi connectivity index (χ0) is 18.1. The monoisotopic (exact) mass is 373 g/mol. The molecule has 2 saturated heterocycles. The second kappa shape index (κ2) is 7.19. The molecule has 2 N–H and O–H groups in total. The quantitative estimate of drug-likeness (QED) is 0.628. The number of benzene rings is 1. The SMILES string of the molecule is O=C(NO)c1cnc(N2CC3CN(Cc4ccc(Cl)cc4)CC3C2)nc1. The Morgan fingerprint density at radius 3 is 2.31 bits per heavy atom. The third-order valence-electron chi connectivity index (χ3n) is 5.17. The molecule has 1 aromatic carbocycles. The summed E-state index contributed by atoms with van der Waals surface area (Å²) >= 11 is 5.95. The fourth-order valence-corrected chi connectivity index (χ4v) is 4.02. The summed E-state index contributed by atoms with van der Waals surface area (Å²) < 4.78 is 0. The van der Waals surface area contributed by atoms with Crippen LogP contribution in [-0.2, 0) is 6.54 Å². The number of hydrogen-bond acceptors (Lipinski definition) is 6. The maximum absolute atomic E-state index is 11.3. The second-order valence-corrected chi connectivity index (χ2v) is 7.39. The van der Waals surface area contributed by atoms with Gasteiger partial charge in [0.1, 0.15) is 0 Å². The molecule has 3 heterocycles. The summed E-state index contributed by atoms with van der Waals surface area (Å²) in [4.78, 5) is 24.5. The van der Waals surface area contributed by atoms with E-state index in [4.69, 9.17) is 16.8 Å². The van der Waals surface area contributed by atoms with Gasteiger partial charge in [-0.05, 0) is 29.5 Å². The minimum absolute atomic E-state index is 0.241. The highest BCUT2D eigenvalue weighted by Gasteiger charge is 2.40. The summed E-state index contributed by atoms with van der Waals surface area (Å²) in [6, 6.07) is 8.04. The third-order valence-corrected chi connectivity index (χ3v) is 5.42. The van der Waals surface area contributed by atoms with Gasteiger partial charge in [0, 0.05) is 50.1 Å². The highest BCUT2D eigenvalue weighted by molar-refractivity contribution is 6.30. The van der Waals surface area contributed by atoms with Crippen LogP contribution in [0.3, 0.4) is 0 Å². The average molecular weight is 374 g/mol. The molecule has 0 radical (unpaired) electrons. The van der Waals surface area contributed by atoms with Crippen molar-refractivity contribution in [3.05, 3.63) is 52.8 Å². The van der Waals surface area contributed by atoms with E-state index in [2.05, 4.69) is 31.9 Å². The molecule has 136 valence electrons. The van der Waals surface area contributed by atoms with E-state index in [1.165, 1.54) is 18.0 Å². The first-order valence-electron chi connectivity index (χ1n) is 8.60. The van der Waals surface area contributed by atoms with E-state index in [1.807, 2.05) is 12.1 Å². The number of hydroxylamine groups is 1. The van der Waals surface area contributed by atoms with Gasteiger partial charge >= 0.3 is 0 Å². The number of fused-ring (bicyclic) bond motifs is 1. The molecule has 0 saturated carbocycles. The van der Waals surface area contributed by atoms with Gasteiger partial charge in [0.2, 0.25) is 5.95 Å². The van der Waals surface area contributed by atoms with E-state index in [0.717, 1.165) is 37.7 Å². The molecule has 0 aliphatic carbocycles. The number of halogens is 1. The molecule has 7 nitrogen and oxygen atoms in total. The van der Waals surface area contributed by atoms with Gasteiger partial charge in [0.15, 0.2) is 0 Å². The molecule has 0 bridgehead atoms. The Balaban J connectivity index is 1.34. The second-order valence-electron chi connectivity index (χ2n) is 6.96. The van der Waals surface area contributed by atoms with Crippen molar-refractivity contribution >= 4 is 23.5 Å². The lowest BCUT2D eigenvalue weighted by atomic mass is 10.0. The number of hydrogen-bond donors (Lipinski definition) is 2.